The topological polar surface area (TPSA) is 6.48 Å². The van der Waals surface area contributed by atoms with E-state index in [4.69, 9.17) is 0 Å². The molecule has 2 rings (SSSR count). The molecule has 0 N–H and O–H groups in total. The van der Waals surface area contributed by atoms with Gasteiger partial charge < -0.3 is 0 Å². The molecular formula is C15H39GeN2Si4. The molecule has 2 saturated heterocycles. The minimum atomic E-state index is -1.35. The second-order valence-corrected chi connectivity index (χ2v) is 39.2. The Morgan fingerprint density at radius 2 is 0.818 bits per heavy atom. The van der Waals surface area contributed by atoms with Crippen molar-refractivity contribution < 1.29 is 0 Å². The molecule has 2 fully saturated rings. The van der Waals surface area contributed by atoms with Crippen molar-refractivity contribution in [1.82, 2.24) is 6.38 Å². The fourth-order valence-electron chi connectivity index (χ4n) is 5.17. The van der Waals surface area contributed by atoms with Crippen LogP contribution in [0.4, 0.5) is 0 Å². The molecule has 0 amide bonds. The van der Waals surface area contributed by atoms with E-state index in [9.17, 15) is 0 Å². The van der Waals surface area contributed by atoms with E-state index < -0.39 is 47.7 Å². The maximum absolute atomic E-state index is 3.37. The second kappa shape index (κ2) is 5.95. The SMILES string of the molecule is C[CH](C)[Ge]([N]1[Si](C)(C)CC[Si]1(C)C)[N]1[Si](C)(C)CC[Si]1(C)C. The zero-order chi connectivity index (χ0) is 17.1. The van der Waals surface area contributed by atoms with E-state index in [1.165, 1.54) is 0 Å². The van der Waals surface area contributed by atoms with Crippen molar-refractivity contribution in [3.05, 3.63) is 0 Å². The molecule has 0 saturated carbocycles. The number of rotatable bonds is 3. The zero-order valence-corrected chi connectivity index (χ0v) is 22.9. The van der Waals surface area contributed by atoms with Crippen molar-refractivity contribution in [2.45, 2.75) is 95.2 Å². The van der Waals surface area contributed by atoms with E-state index in [-0.39, 0.29) is 0 Å². The van der Waals surface area contributed by atoms with Crippen molar-refractivity contribution in [3.63, 3.8) is 0 Å². The van der Waals surface area contributed by atoms with Crippen LogP contribution in [0, 0.1) is 0 Å². The second-order valence-electron chi connectivity index (χ2n) is 10.4. The third-order valence-electron chi connectivity index (χ3n) is 6.09. The van der Waals surface area contributed by atoms with Gasteiger partial charge >= 0.3 is 149 Å². The molecular weight excluding hydrogens is 393 g/mol. The van der Waals surface area contributed by atoms with Crippen LogP contribution in [0.3, 0.4) is 0 Å². The van der Waals surface area contributed by atoms with E-state index in [0.717, 1.165) is 4.75 Å². The molecule has 0 unspecified atom stereocenters. The summed E-state index contributed by atoms with van der Waals surface area (Å²) in [5.74, 6) is 0. The summed E-state index contributed by atoms with van der Waals surface area (Å²) in [7, 11) is -4.61. The maximum atomic E-state index is 3.37. The Morgan fingerprint density at radius 3 is 1.00 bits per heavy atom. The van der Waals surface area contributed by atoms with Gasteiger partial charge in [-0.1, -0.05) is 0 Å². The molecule has 1 radical (unpaired) electrons. The summed E-state index contributed by atoms with van der Waals surface area (Å²) in [6.07, 6.45) is 0. The molecule has 0 atom stereocenters. The standard InChI is InChI=1S/C15H39GeN2Si4/c1-15(2)16(17-19(3,4)11-12-20(17,5)6)18-21(7,8)13-14-22(18,9)10/h15H,11-14H2,1-10H3. The van der Waals surface area contributed by atoms with Crippen molar-refractivity contribution in [3.8, 4) is 0 Å². The fraction of sp³-hybridized carbons (Fsp3) is 1.00. The molecule has 2 heterocycles. The van der Waals surface area contributed by atoms with Gasteiger partial charge in [-0.3, -0.25) is 0 Å². The Morgan fingerprint density at radius 1 is 0.591 bits per heavy atom. The first kappa shape index (κ1) is 19.7. The molecule has 2 aliphatic rings. The van der Waals surface area contributed by atoms with Crippen LogP contribution in [0.5, 0.6) is 0 Å². The fourth-order valence-corrected chi connectivity index (χ4v) is 63.3. The summed E-state index contributed by atoms with van der Waals surface area (Å²) in [6.45, 7) is 26.7. The van der Waals surface area contributed by atoms with Crippen LogP contribution in [0.15, 0.2) is 0 Å². The first-order chi connectivity index (χ1) is 9.72. The Labute approximate surface area is 148 Å². The Bertz CT molecular complexity index is 369. The van der Waals surface area contributed by atoms with Crippen LogP contribution in [0.1, 0.15) is 13.8 Å². The minimum absolute atomic E-state index is 0.938. The number of hydrogen-bond donors (Lipinski definition) is 0. The van der Waals surface area contributed by atoms with E-state index in [0.29, 0.717) is 0 Å². The van der Waals surface area contributed by atoms with Crippen molar-refractivity contribution >= 4 is 47.7 Å². The van der Waals surface area contributed by atoms with Crippen LogP contribution in [-0.4, -0.2) is 54.1 Å². The molecule has 0 bridgehead atoms. The average molecular weight is 432 g/mol. The third-order valence-corrected chi connectivity index (χ3v) is 49.2. The summed E-state index contributed by atoms with van der Waals surface area (Å²) in [5, 5.41) is 0. The van der Waals surface area contributed by atoms with Gasteiger partial charge in [0.25, 0.3) is 0 Å². The normalized spacial score (nSPS) is 30.5. The van der Waals surface area contributed by atoms with Gasteiger partial charge in [0.05, 0.1) is 0 Å². The van der Waals surface area contributed by atoms with Crippen molar-refractivity contribution in [2.24, 2.45) is 0 Å². The summed E-state index contributed by atoms with van der Waals surface area (Å²) in [6, 6.07) is 6.31. The Balaban J connectivity index is 2.51. The van der Waals surface area contributed by atoms with Crippen LogP contribution in [-0.2, 0) is 0 Å². The zero-order valence-electron chi connectivity index (χ0n) is 16.8. The molecule has 2 nitrogen and oxygen atoms in total. The van der Waals surface area contributed by atoms with Crippen molar-refractivity contribution in [1.29, 1.82) is 0 Å². The quantitative estimate of drug-likeness (QED) is 0.556. The van der Waals surface area contributed by atoms with Crippen LogP contribution in [0.25, 0.3) is 0 Å². The Hall–Kier alpha value is 1.33. The number of hydrogen-bond acceptors (Lipinski definition) is 2. The molecule has 2 aliphatic heterocycles. The summed E-state index contributed by atoms with van der Waals surface area (Å²) < 4.78 is 7.69. The molecule has 7 heteroatoms. The van der Waals surface area contributed by atoms with Gasteiger partial charge in [-0.2, -0.15) is 0 Å². The molecule has 22 heavy (non-hydrogen) atoms. The molecule has 0 aromatic carbocycles. The van der Waals surface area contributed by atoms with E-state index >= 15 is 0 Å². The summed E-state index contributed by atoms with van der Waals surface area (Å²) in [5.41, 5.74) is 0. The van der Waals surface area contributed by atoms with Crippen LogP contribution in [0.2, 0.25) is 81.3 Å². The van der Waals surface area contributed by atoms with E-state index in [1.54, 1.807) is 24.2 Å². The molecule has 0 aromatic rings. The predicted octanol–water partition coefficient (Wildman–Crippen LogP) is 5.34. The average Bonchev–Trinajstić information content (AvgIpc) is 2.65. The molecule has 0 aliphatic carbocycles. The molecule has 129 valence electrons. The van der Waals surface area contributed by atoms with Gasteiger partial charge in [0.15, 0.2) is 0 Å². The first-order valence-corrected chi connectivity index (χ1v) is 24.9. The van der Waals surface area contributed by atoms with Crippen LogP contribution < -0.4 is 0 Å². The Kier molecular flexibility index (Phi) is 5.31. The van der Waals surface area contributed by atoms with Gasteiger partial charge in [-0.25, -0.2) is 0 Å². The molecule has 0 aromatic heterocycles. The summed E-state index contributed by atoms with van der Waals surface area (Å²) >= 11 is -1.35. The van der Waals surface area contributed by atoms with Gasteiger partial charge in [0.2, 0.25) is 0 Å². The van der Waals surface area contributed by atoms with Crippen LogP contribution >= 0.6 is 0 Å². The van der Waals surface area contributed by atoms with Gasteiger partial charge in [0, 0.05) is 0 Å². The van der Waals surface area contributed by atoms with E-state index in [1.807, 2.05) is 0 Å². The van der Waals surface area contributed by atoms with E-state index in [2.05, 4.69) is 72.6 Å². The third kappa shape index (κ3) is 3.35. The van der Waals surface area contributed by atoms with Gasteiger partial charge in [-0.15, -0.1) is 0 Å². The van der Waals surface area contributed by atoms with Gasteiger partial charge in [-0.05, 0) is 0 Å². The monoisotopic (exact) mass is 433 g/mol. The molecule has 0 spiro atoms. The van der Waals surface area contributed by atoms with Gasteiger partial charge in [0.1, 0.15) is 0 Å². The van der Waals surface area contributed by atoms with Crippen molar-refractivity contribution in [2.75, 3.05) is 0 Å². The first-order valence-electron chi connectivity index (χ1n) is 9.20. The number of nitrogens with zero attached hydrogens (tertiary/aromatic N) is 2. The predicted molar refractivity (Wildman–Crippen MR) is 114 cm³/mol. The summed E-state index contributed by atoms with van der Waals surface area (Å²) in [4.78, 5) is 0.